The molecule has 1 saturated heterocycles. The summed E-state index contributed by atoms with van der Waals surface area (Å²) in [6.07, 6.45) is 1.50. The van der Waals surface area contributed by atoms with Crippen LogP contribution in [0.1, 0.15) is 11.1 Å². The van der Waals surface area contributed by atoms with Crippen molar-refractivity contribution in [2.45, 2.75) is 6.54 Å². The van der Waals surface area contributed by atoms with Gasteiger partial charge in [0.2, 0.25) is 0 Å². The molecule has 1 aliphatic heterocycles. The van der Waals surface area contributed by atoms with Crippen molar-refractivity contribution in [3.05, 3.63) is 73.1 Å². The fourth-order valence-corrected chi connectivity index (χ4v) is 3.85. The summed E-state index contributed by atoms with van der Waals surface area (Å²) in [5, 5.41) is 19.4. The quantitative estimate of drug-likeness (QED) is 0.344. The minimum atomic E-state index is -0.552. The molecule has 29 heavy (non-hydrogen) atoms. The van der Waals surface area contributed by atoms with Crippen molar-refractivity contribution < 1.29 is 19.2 Å². The lowest BCUT2D eigenvalue weighted by molar-refractivity contribution is -0.385. The van der Waals surface area contributed by atoms with Crippen LogP contribution in [0.2, 0.25) is 0 Å². The smallest absolute Gasteiger partial charge is 0.293 e. The molecule has 0 aliphatic carbocycles. The van der Waals surface area contributed by atoms with E-state index in [1.165, 1.54) is 24.3 Å². The van der Waals surface area contributed by atoms with Crippen LogP contribution in [0.5, 0.6) is 5.75 Å². The molecule has 0 atom stereocenters. The van der Waals surface area contributed by atoms with Crippen molar-refractivity contribution >= 4 is 50.6 Å². The Labute approximate surface area is 178 Å². The molecule has 1 aliphatic rings. The number of ether oxygens (including phenoxy) is 1. The number of benzene rings is 2. The van der Waals surface area contributed by atoms with E-state index in [0.29, 0.717) is 11.3 Å². The summed E-state index contributed by atoms with van der Waals surface area (Å²) in [5.41, 5.74) is 0.627. The van der Waals surface area contributed by atoms with Crippen molar-refractivity contribution in [1.82, 2.24) is 4.90 Å². The minimum absolute atomic E-state index is 0.158. The Hall–Kier alpha value is -3.16. The fourth-order valence-electron chi connectivity index (χ4n) is 2.64. The number of imide groups is 1. The first kappa shape index (κ1) is 20.6. The second-order valence-electron chi connectivity index (χ2n) is 5.78. The number of nitriles is 1. The number of amides is 2. The van der Waals surface area contributed by atoms with Crippen molar-refractivity contribution in [3.8, 4) is 11.8 Å². The topological polar surface area (TPSA) is 114 Å². The molecule has 0 spiro atoms. The van der Waals surface area contributed by atoms with E-state index >= 15 is 0 Å². The molecule has 0 radical (unpaired) electrons. The summed E-state index contributed by atoms with van der Waals surface area (Å²) in [4.78, 5) is 36.9. The number of nitrogens with zero attached hydrogens (tertiary/aromatic N) is 3. The number of nitro benzene ring substituents is 1. The fraction of sp³-hybridized carbons (Fsp3) is 0.105. The Morgan fingerprint density at radius 2 is 2.03 bits per heavy atom. The number of rotatable bonds is 6. The zero-order valence-corrected chi connectivity index (χ0v) is 17.1. The molecule has 8 nitrogen and oxygen atoms in total. The molecule has 0 saturated carbocycles. The van der Waals surface area contributed by atoms with Gasteiger partial charge < -0.3 is 4.74 Å². The van der Waals surface area contributed by atoms with E-state index in [0.717, 1.165) is 21.1 Å². The van der Waals surface area contributed by atoms with Crippen LogP contribution in [0.4, 0.5) is 10.5 Å². The van der Waals surface area contributed by atoms with Crippen LogP contribution in [0.15, 0.2) is 51.8 Å². The molecular weight excluding hydrogens is 462 g/mol. The van der Waals surface area contributed by atoms with Crippen molar-refractivity contribution in [3.63, 3.8) is 0 Å². The Balaban J connectivity index is 1.89. The monoisotopic (exact) mass is 473 g/mol. The van der Waals surface area contributed by atoms with Gasteiger partial charge >= 0.3 is 0 Å². The number of carbonyl (C=O) groups excluding carboxylic acids is 2. The van der Waals surface area contributed by atoms with E-state index in [2.05, 4.69) is 15.9 Å². The zero-order chi connectivity index (χ0) is 21.0. The van der Waals surface area contributed by atoms with Crippen LogP contribution in [0.3, 0.4) is 0 Å². The average Bonchev–Trinajstić information content (AvgIpc) is 2.95. The van der Waals surface area contributed by atoms with Gasteiger partial charge in [-0.3, -0.25) is 24.6 Å². The van der Waals surface area contributed by atoms with Crippen LogP contribution >= 0.6 is 27.7 Å². The number of halogens is 1. The number of nitro groups is 1. The Kier molecular flexibility index (Phi) is 6.31. The van der Waals surface area contributed by atoms with Crippen LogP contribution < -0.4 is 4.74 Å². The third kappa shape index (κ3) is 4.64. The van der Waals surface area contributed by atoms with E-state index in [-0.39, 0.29) is 29.3 Å². The normalized spacial score (nSPS) is 14.9. The van der Waals surface area contributed by atoms with Crippen LogP contribution in [0, 0.1) is 21.4 Å². The van der Waals surface area contributed by atoms with Gasteiger partial charge in [-0.2, -0.15) is 5.26 Å². The largest absolute Gasteiger partial charge is 0.478 e. The van der Waals surface area contributed by atoms with Crippen molar-refractivity contribution in [2.24, 2.45) is 0 Å². The third-order valence-corrected chi connectivity index (χ3v) is 5.34. The van der Waals surface area contributed by atoms with Gasteiger partial charge in [0.15, 0.2) is 6.61 Å². The van der Waals surface area contributed by atoms with Crippen molar-refractivity contribution in [2.75, 3.05) is 6.61 Å². The first-order chi connectivity index (χ1) is 13.9. The highest BCUT2D eigenvalue weighted by molar-refractivity contribution is 9.10. The van der Waals surface area contributed by atoms with Crippen LogP contribution in [-0.2, 0) is 11.3 Å². The predicted octanol–water partition coefficient (Wildman–Crippen LogP) is 4.50. The summed E-state index contributed by atoms with van der Waals surface area (Å²) < 4.78 is 6.09. The molecular formula is C19H12BrN3O5S. The molecule has 2 amide bonds. The van der Waals surface area contributed by atoms with E-state index in [1.54, 1.807) is 24.3 Å². The second-order valence-corrected chi connectivity index (χ2v) is 7.69. The number of thioether (sulfide) groups is 1. The molecule has 10 heteroatoms. The molecule has 1 fully saturated rings. The van der Waals surface area contributed by atoms with Gasteiger partial charge in [0.05, 0.1) is 16.4 Å². The molecule has 3 rings (SSSR count). The Bertz CT molecular complexity index is 1080. The number of carbonyl (C=O) groups is 2. The van der Waals surface area contributed by atoms with Crippen molar-refractivity contribution in [1.29, 1.82) is 5.26 Å². The van der Waals surface area contributed by atoms with Gasteiger partial charge in [-0.15, -0.1) is 0 Å². The van der Waals surface area contributed by atoms with Gasteiger partial charge in [-0.1, -0.05) is 34.1 Å². The third-order valence-electron chi connectivity index (χ3n) is 3.94. The van der Waals surface area contributed by atoms with Crippen LogP contribution in [-0.4, -0.2) is 27.6 Å². The lowest BCUT2D eigenvalue weighted by Gasteiger charge is -2.12. The minimum Gasteiger partial charge on any atom is -0.478 e. The van der Waals surface area contributed by atoms with Gasteiger partial charge in [0.25, 0.3) is 16.8 Å². The summed E-state index contributed by atoms with van der Waals surface area (Å²) in [6, 6.07) is 12.9. The van der Waals surface area contributed by atoms with E-state index in [9.17, 15) is 19.7 Å². The standard InChI is InChI=1S/C19H12BrN3O5S/c20-14-5-6-16(28-8-7-21)13(9-14)10-17-18(24)22(19(25)29-17)11-12-3-1-2-4-15(12)23(26)27/h1-6,9-10H,8,11H2/b17-10-. The van der Waals surface area contributed by atoms with E-state index in [4.69, 9.17) is 10.00 Å². The average molecular weight is 474 g/mol. The van der Waals surface area contributed by atoms with Gasteiger partial charge in [-0.05, 0) is 36.0 Å². The molecule has 1 heterocycles. The highest BCUT2D eigenvalue weighted by Crippen LogP contribution is 2.36. The maximum absolute atomic E-state index is 12.8. The van der Waals surface area contributed by atoms with Crippen LogP contribution in [0.25, 0.3) is 6.08 Å². The van der Waals surface area contributed by atoms with E-state index < -0.39 is 16.1 Å². The number of hydrogen-bond donors (Lipinski definition) is 0. The van der Waals surface area contributed by atoms with E-state index in [1.807, 2.05) is 6.07 Å². The zero-order valence-electron chi connectivity index (χ0n) is 14.7. The summed E-state index contributed by atoms with van der Waals surface area (Å²) in [5.74, 6) is -0.162. The van der Waals surface area contributed by atoms with Gasteiger partial charge in [-0.25, -0.2) is 0 Å². The highest BCUT2D eigenvalue weighted by Gasteiger charge is 2.36. The maximum atomic E-state index is 12.8. The molecule has 0 N–H and O–H groups in total. The molecule has 0 unspecified atom stereocenters. The maximum Gasteiger partial charge on any atom is 0.293 e. The first-order valence-corrected chi connectivity index (χ1v) is 9.78. The lowest BCUT2D eigenvalue weighted by atomic mass is 10.1. The number of para-hydroxylation sites is 1. The Morgan fingerprint density at radius 1 is 1.28 bits per heavy atom. The molecule has 2 aromatic carbocycles. The van der Waals surface area contributed by atoms with Gasteiger partial charge in [0.1, 0.15) is 11.8 Å². The SMILES string of the molecule is N#CCOc1ccc(Br)cc1/C=C1\SC(=O)N(Cc2ccccc2[N+](=O)[O-])C1=O. The number of hydrogen-bond acceptors (Lipinski definition) is 7. The molecule has 146 valence electrons. The Morgan fingerprint density at radius 3 is 2.76 bits per heavy atom. The second kappa shape index (κ2) is 8.89. The van der Waals surface area contributed by atoms with Gasteiger partial charge in [0, 0.05) is 21.7 Å². The summed E-state index contributed by atoms with van der Waals surface area (Å²) in [6.45, 7) is -0.364. The first-order valence-electron chi connectivity index (χ1n) is 8.17. The summed E-state index contributed by atoms with van der Waals surface area (Å²) in [7, 11) is 0. The molecule has 0 aromatic heterocycles. The molecule has 0 bridgehead atoms. The predicted molar refractivity (Wildman–Crippen MR) is 110 cm³/mol. The summed E-state index contributed by atoms with van der Waals surface area (Å²) >= 11 is 4.08. The molecule has 2 aromatic rings. The lowest BCUT2D eigenvalue weighted by Crippen LogP contribution is -2.27. The highest BCUT2D eigenvalue weighted by atomic mass is 79.9.